The van der Waals surface area contributed by atoms with Crippen LogP contribution in [0.15, 0.2) is 18.5 Å². The molecule has 0 spiro atoms. The molecule has 0 aromatic carbocycles. The first-order chi connectivity index (χ1) is 7.43. The Morgan fingerprint density at radius 1 is 1.50 bits per heavy atom. The van der Waals surface area contributed by atoms with Crippen molar-refractivity contribution < 1.29 is 9.49 Å². The van der Waals surface area contributed by atoms with Crippen molar-refractivity contribution in [3.05, 3.63) is 39.8 Å². The lowest BCUT2D eigenvalue weighted by Crippen LogP contribution is -2.32. The lowest BCUT2D eigenvalue weighted by molar-refractivity contribution is -0.680. The standard InChI is InChI=1S/C11H16N3O2/c1-9-11(14(15)16)10(5-7-12(2)3)6-8-13(9)4/h5-8H,1-4H3/q+1. The van der Waals surface area contributed by atoms with E-state index in [1.54, 1.807) is 36.9 Å². The molecule has 5 nitrogen and oxygen atoms in total. The van der Waals surface area contributed by atoms with Gasteiger partial charge in [0.05, 0.1) is 10.5 Å². The van der Waals surface area contributed by atoms with Crippen molar-refractivity contribution in [2.24, 2.45) is 7.05 Å². The lowest BCUT2D eigenvalue weighted by atomic mass is 10.1. The molecule has 0 aliphatic heterocycles. The predicted molar refractivity (Wildman–Crippen MR) is 61.7 cm³/mol. The first-order valence-corrected chi connectivity index (χ1v) is 4.91. The Morgan fingerprint density at radius 3 is 2.62 bits per heavy atom. The molecule has 0 N–H and O–H groups in total. The van der Waals surface area contributed by atoms with Crippen LogP contribution in [0.1, 0.15) is 11.3 Å². The van der Waals surface area contributed by atoms with Gasteiger partial charge in [-0.15, -0.1) is 0 Å². The van der Waals surface area contributed by atoms with Gasteiger partial charge in [-0.1, -0.05) is 0 Å². The van der Waals surface area contributed by atoms with Gasteiger partial charge in [0.1, 0.15) is 7.05 Å². The second kappa shape index (κ2) is 4.74. The van der Waals surface area contributed by atoms with Crippen LogP contribution in [-0.2, 0) is 7.05 Å². The zero-order valence-corrected chi connectivity index (χ0v) is 9.97. The molecular weight excluding hydrogens is 206 g/mol. The summed E-state index contributed by atoms with van der Waals surface area (Å²) in [5, 5.41) is 11.0. The SMILES string of the molecule is Cc1c([N+](=O)[O-])c(/C=C/N(C)C)cc[n+]1C. The Kier molecular flexibility index (Phi) is 3.60. The summed E-state index contributed by atoms with van der Waals surface area (Å²) in [6.45, 7) is 1.74. The van der Waals surface area contributed by atoms with Crippen LogP contribution in [0.3, 0.4) is 0 Å². The summed E-state index contributed by atoms with van der Waals surface area (Å²) in [5.41, 5.74) is 1.42. The molecule has 0 aliphatic carbocycles. The van der Waals surface area contributed by atoms with E-state index in [9.17, 15) is 10.1 Å². The van der Waals surface area contributed by atoms with Crippen LogP contribution in [0.5, 0.6) is 0 Å². The molecule has 86 valence electrons. The molecule has 0 atom stereocenters. The summed E-state index contributed by atoms with van der Waals surface area (Å²) < 4.78 is 1.74. The number of pyridine rings is 1. The molecule has 0 saturated heterocycles. The largest absolute Gasteiger partial charge is 0.383 e. The highest BCUT2D eigenvalue weighted by Gasteiger charge is 2.22. The van der Waals surface area contributed by atoms with Gasteiger partial charge in [-0.05, 0) is 12.3 Å². The van der Waals surface area contributed by atoms with E-state index in [1.165, 1.54) is 0 Å². The topological polar surface area (TPSA) is 50.3 Å². The van der Waals surface area contributed by atoms with Crippen molar-refractivity contribution in [3.8, 4) is 0 Å². The maximum atomic E-state index is 11.0. The first-order valence-electron chi connectivity index (χ1n) is 4.91. The minimum atomic E-state index is -0.343. The van der Waals surface area contributed by atoms with Crippen molar-refractivity contribution in [1.82, 2.24) is 4.90 Å². The van der Waals surface area contributed by atoms with Gasteiger partial charge in [-0.2, -0.15) is 4.57 Å². The summed E-state index contributed by atoms with van der Waals surface area (Å²) in [4.78, 5) is 12.5. The number of rotatable bonds is 3. The molecule has 1 aromatic rings. The van der Waals surface area contributed by atoms with E-state index in [0.29, 0.717) is 11.3 Å². The summed E-state index contributed by atoms with van der Waals surface area (Å²) in [6, 6.07) is 1.74. The van der Waals surface area contributed by atoms with Gasteiger partial charge in [0.25, 0.3) is 5.69 Å². The second-order valence-corrected chi connectivity index (χ2v) is 3.85. The fourth-order valence-electron chi connectivity index (χ4n) is 1.36. The van der Waals surface area contributed by atoms with Gasteiger partial charge in [0.2, 0.25) is 0 Å². The number of hydrogen-bond donors (Lipinski definition) is 0. The van der Waals surface area contributed by atoms with Crippen LogP contribution in [0.25, 0.3) is 6.08 Å². The Hall–Kier alpha value is -1.91. The van der Waals surface area contributed by atoms with E-state index in [0.717, 1.165) is 0 Å². The van der Waals surface area contributed by atoms with Gasteiger partial charge < -0.3 is 4.90 Å². The third kappa shape index (κ3) is 2.56. The summed E-state index contributed by atoms with van der Waals surface area (Å²) in [7, 11) is 5.54. The second-order valence-electron chi connectivity index (χ2n) is 3.85. The molecule has 0 aliphatic rings. The Bertz CT molecular complexity index is 439. The van der Waals surface area contributed by atoms with E-state index in [2.05, 4.69) is 0 Å². The Morgan fingerprint density at radius 2 is 2.12 bits per heavy atom. The highest BCUT2D eigenvalue weighted by Crippen LogP contribution is 2.21. The zero-order valence-electron chi connectivity index (χ0n) is 9.97. The molecule has 0 fully saturated rings. The third-order valence-corrected chi connectivity index (χ3v) is 2.36. The minimum absolute atomic E-state index is 0.156. The minimum Gasteiger partial charge on any atom is -0.383 e. The van der Waals surface area contributed by atoms with E-state index < -0.39 is 0 Å². The number of nitrogens with zero attached hydrogens (tertiary/aromatic N) is 3. The maximum absolute atomic E-state index is 11.0. The molecule has 1 heterocycles. The molecule has 16 heavy (non-hydrogen) atoms. The first kappa shape index (κ1) is 12.2. The van der Waals surface area contributed by atoms with Gasteiger partial charge in [0, 0.05) is 27.1 Å². The van der Waals surface area contributed by atoms with Crippen molar-refractivity contribution in [1.29, 1.82) is 0 Å². The van der Waals surface area contributed by atoms with Gasteiger partial charge >= 0.3 is 5.69 Å². The van der Waals surface area contributed by atoms with E-state index in [4.69, 9.17) is 0 Å². The molecular formula is C11H16N3O2+. The zero-order chi connectivity index (χ0) is 12.3. The average Bonchev–Trinajstić information content (AvgIpc) is 2.19. The lowest BCUT2D eigenvalue weighted by Gasteiger charge is -2.04. The molecule has 5 heteroatoms. The van der Waals surface area contributed by atoms with E-state index in [1.807, 2.05) is 25.2 Å². The monoisotopic (exact) mass is 222 g/mol. The van der Waals surface area contributed by atoms with Crippen LogP contribution >= 0.6 is 0 Å². The summed E-state index contributed by atoms with van der Waals surface area (Å²) in [5.74, 6) is 0. The fraction of sp³-hybridized carbons (Fsp3) is 0.364. The number of hydrogen-bond acceptors (Lipinski definition) is 3. The molecule has 0 radical (unpaired) electrons. The van der Waals surface area contributed by atoms with Crippen LogP contribution in [0, 0.1) is 17.0 Å². The van der Waals surface area contributed by atoms with E-state index >= 15 is 0 Å². The Balaban J connectivity index is 3.29. The molecule has 0 unspecified atom stereocenters. The van der Waals surface area contributed by atoms with Crippen molar-refractivity contribution in [2.75, 3.05) is 14.1 Å². The van der Waals surface area contributed by atoms with E-state index in [-0.39, 0.29) is 10.6 Å². The molecule has 1 rings (SSSR count). The fourth-order valence-corrected chi connectivity index (χ4v) is 1.36. The third-order valence-electron chi connectivity index (χ3n) is 2.36. The molecule has 0 saturated carbocycles. The Labute approximate surface area is 94.8 Å². The highest BCUT2D eigenvalue weighted by atomic mass is 16.6. The quantitative estimate of drug-likeness (QED) is 0.439. The van der Waals surface area contributed by atoms with Crippen molar-refractivity contribution >= 4 is 11.8 Å². The highest BCUT2D eigenvalue weighted by molar-refractivity contribution is 5.60. The van der Waals surface area contributed by atoms with Crippen LogP contribution in [0.2, 0.25) is 0 Å². The maximum Gasteiger partial charge on any atom is 0.342 e. The normalized spacial score (nSPS) is 10.8. The van der Waals surface area contributed by atoms with Gasteiger partial charge in [-0.25, -0.2) is 0 Å². The smallest absolute Gasteiger partial charge is 0.342 e. The summed E-state index contributed by atoms with van der Waals surface area (Å²) >= 11 is 0. The molecule has 1 aromatic heterocycles. The van der Waals surface area contributed by atoms with Gasteiger partial charge in [-0.3, -0.25) is 10.1 Å². The predicted octanol–water partition coefficient (Wildman–Crippen LogP) is 1.26. The van der Waals surface area contributed by atoms with Crippen LogP contribution in [0.4, 0.5) is 5.69 Å². The average molecular weight is 222 g/mol. The number of nitro groups is 1. The number of aromatic nitrogens is 1. The van der Waals surface area contributed by atoms with Crippen LogP contribution in [-0.4, -0.2) is 23.9 Å². The van der Waals surface area contributed by atoms with Gasteiger partial charge in [0.15, 0.2) is 6.20 Å². The number of aryl methyl sites for hydroxylation is 1. The molecule has 0 amide bonds. The van der Waals surface area contributed by atoms with Crippen molar-refractivity contribution in [3.63, 3.8) is 0 Å². The summed E-state index contributed by atoms with van der Waals surface area (Å²) in [6.07, 6.45) is 5.35. The van der Waals surface area contributed by atoms with Crippen LogP contribution < -0.4 is 4.57 Å². The van der Waals surface area contributed by atoms with Crippen molar-refractivity contribution in [2.45, 2.75) is 6.92 Å². The molecule has 0 bridgehead atoms.